The van der Waals surface area contributed by atoms with Crippen molar-refractivity contribution in [3.63, 3.8) is 0 Å². The molecule has 0 fully saturated rings. The first-order valence-electron chi connectivity index (χ1n) is 6.18. The summed E-state index contributed by atoms with van der Waals surface area (Å²) in [6, 6.07) is 15.1. The van der Waals surface area contributed by atoms with Crippen LogP contribution in [0.4, 0.5) is 0 Å². The van der Waals surface area contributed by atoms with Crippen LogP contribution in [0.5, 0.6) is 0 Å². The summed E-state index contributed by atoms with van der Waals surface area (Å²) in [4.78, 5) is 1.55. The van der Waals surface area contributed by atoms with Crippen molar-refractivity contribution in [2.24, 2.45) is 0 Å². The molecule has 0 saturated heterocycles. The highest BCUT2D eigenvalue weighted by Crippen LogP contribution is 2.32. The minimum Gasteiger partial charge on any atom is -0.392 e. The van der Waals surface area contributed by atoms with Gasteiger partial charge in [0.25, 0.3) is 0 Å². The summed E-state index contributed by atoms with van der Waals surface area (Å²) in [7, 11) is 0. The molecule has 104 valence electrons. The Balaban J connectivity index is 2.32. The van der Waals surface area contributed by atoms with Crippen LogP contribution in [0.2, 0.25) is 0 Å². The Morgan fingerprint density at radius 3 is 1.20 bits per heavy atom. The van der Waals surface area contributed by atoms with Gasteiger partial charge < -0.3 is 10.2 Å². The van der Waals surface area contributed by atoms with Gasteiger partial charge in [-0.15, -0.1) is 25.3 Å². The van der Waals surface area contributed by atoms with Gasteiger partial charge in [-0.2, -0.15) is 0 Å². The van der Waals surface area contributed by atoms with Gasteiger partial charge >= 0.3 is 0 Å². The van der Waals surface area contributed by atoms with E-state index in [2.05, 4.69) is 25.3 Å². The van der Waals surface area contributed by atoms with Gasteiger partial charge in [-0.1, -0.05) is 48.5 Å². The van der Waals surface area contributed by atoms with Gasteiger partial charge in [0.05, 0.1) is 13.2 Å². The predicted molar refractivity (Wildman–Crippen MR) is 89.5 cm³/mol. The van der Waals surface area contributed by atoms with Crippen LogP contribution in [0.1, 0.15) is 22.3 Å². The normalized spacial score (nSPS) is 12.2. The van der Waals surface area contributed by atoms with Gasteiger partial charge in [-0.25, -0.2) is 0 Å². The van der Waals surface area contributed by atoms with E-state index in [0.29, 0.717) is 0 Å². The SMILES string of the molecule is OCc1ccc(/C(S)=C(/S)c2ccc(CO)cc2)cc1. The fourth-order valence-corrected chi connectivity index (χ4v) is 2.37. The third-order valence-corrected chi connectivity index (χ3v) is 4.18. The Bertz CT molecular complexity index is 546. The number of benzene rings is 2. The summed E-state index contributed by atoms with van der Waals surface area (Å²) in [6.45, 7) is 0.0600. The highest BCUT2D eigenvalue weighted by molar-refractivity contribution is 7.96. The van der Waals surface area contributed by atoms with Crippen molar-refractivity contribution in [1.82, 2.24) is 0 Å². The van der Waals surface area contributed by atoms with Gasteiger partial charge in [0.1, 0.15) is 0 Å². The first-order valence-corrected chi connectivity index (χ1v) is 7.07. The van der Waals surface area contributed by atoms with E-state index in [1.54, 1.807) is 0 Å². The molecule has 0 amide bonds. The Hall–Kier alpha value is -1.20. The summed E-state index contributed by atoms with van der Waals surface area (Å²) in [5, 5.41) is 18.1. The lowest BCUT2D eigenvalue weighted by molar-refractivity contribution is 0.281. The monoisotopic (exact) mass is 304 g/mol. The first-order chi connectivity index (χ1) is 9.65. The Labute approximate surface area is 129 Å². The van der Waals surface area contributed by atoms with Crippen LogP contribution in [-0.4, -0.2) is 10.2 Å². The molecule has 0 atom stereocenters. The van der Waals surface area contributed by atoms with Crippen molar-refractivity contribution in [2.75, 3.05) is 0 Å². The minimum atomic E-state index is 0.0300. The first kappa shape index (κ1) is 15.2. The van der Waals surface area contributed by atoms with Crippen molar-refractivity contribution >= 4 is 35.1 Å². The molecule has 2 aromatic carbocycles. The number of hydrogen-bond donors (Lipinski definition) is 4. The van der Waals surface area contributed by atoms with E-state index in [4.69, 9.17) is 10.2 Å². The standard InChI is InChI=1S/C16H16O2S2/c17-9-11-1-5-13(6-2-11)15(19)16(20)14-7-3-12(10-18)4-8-14/h1-8,17-20H,9-10H2/b16-15-. The van der Waals surface area contributed by atoms with E-state index in [1.165, 1.54) is 0 Å². The molecule has 0 aliphatic rings. The van der Waals surface area contributed by atoms with Crippen LogP contribution >= 0.6 is 25.3 Å². The second kappa shape index (κ2) is 6.99. The van der Waals surface area contributed by atoms with Crippen molar-refractivity contribution in [1.29, 1.82) is 0 Å². The maximum Gasteiger partial charge on any atom is 0.0681 e. The molecule has 20 heavy (non-hydrogen) atoms. The molecule has 4 heteroatoms. The molecule has 0 saturated carbocycles. The van der Waals surface area contributed by atoms with Crippen LogP contribution in [0.25, 0.3) is 9.81 Å². The maximum absolute atomic E-state index is 9.04. The van der Waals surface area contributed by atoms with Gasteiger partial charge in [0.15, 0.2) is 0 Å². The zero-order chi connectivity index (χ0) is 14.5. The average molecular weight is 304 g/mol. The fourth-order valence-electron chi connectivity index (χ4n) is 1.81. The highest BCUT2D eigenvalue weighted by Gasteiger charge is 2.05. The zero-order valence-electron chi connectivity index (χ0n) is 10.8. The van der Waals surface area contributed by atoms with Crippen LogP contribution in [-0.2, 0) is 13.2 Å². The predicted octanol–water partition coefficient (Wildman–Crippen LogP) is 3.36. The lowest BCUT2D eigenvalue weighted by Crippen LogP contribution is -1.87. The van der Waals surface area contributed by atoms with Crippen molar-refractivity contribution < 1.29 is 10.2 Å². The Morgan fingerprint density at radius 1 is 0.650 bits per heavy atom. The van der Waals surface area contributed by atoms with E-state index >= 15 is 0 Å². The second-order valence-corrected chi connectivity index (χ2v) is 5.30. The van der Waals surface area contributed by atoms with Crippen LogP contribution in [0.3, 0.4) is 0 Å². The van der Waals surface area contributed by atoms with Gasteiger partial charge in [0.2, 0.25) is 0 Å². The Kier molecular flexibility index (Phi) is 5.31. The molecule has 2 rings (SSSR count). The van der Waals surface area contributed by atoms with E-state index in [-0.39, 0.29) is 13.2 Å². The summed E-state index contributed by atoms with van der Waals surface area (Å²) in [5.74, 6) is 0. The largest absolute Gasteiger partial charge is 0.392 e. The molecule has 0 aromatic heterocycles. The maximum atomic E-state index is 9.04. The number of rotatable bonds is 4. The van der Waals surface area contributed by atoms with Gasteiger partial charge in [-0.3, -0.25) is 0 Å². The summed E-state index contributed by atoms with van der Waals surface area (Å²) < 4.78 is 0. The van der Waals surface area contributed by atoms with Crippen molar-refractivity contribution in [3.8, 4) is 0 Å². The third kappa shape index (κ3) is 3.46. The van der Waals surface area contributed by atoms with Crippen LogP contribution in [0.15, 0.2) is 48.5 Å². The molecular formula is C16H16O2S2. The van der Waals surface area contributed by atoms with Crippen molar-refractivity contribution in [3.05, 3.63) is 70.8 Å². The number of aliphatic hydroxyl groups is 2. The molecule has 0 spiro atoms. The lowest BCUT2D eigenvalue weighted by atomic mass is 10.1. The van der Waals surface area contributed by atoms with Crippen LogP contribution in [0, 0.1) is 0 Å². The zero-order valence-corrected chi connectivity index (χ0v) is 12.6. The second-order valence-electron chi connectivity index (χ2n) is 4.41. The smallest absolute Gasteiger partial charge is 0.0681 e. The fraction of sp³-hybridized carbons (Fsp3) is 0.125. The molecule has 0 radical (unpaired) electrons. The number of aliphatic hydroxyl groups excluding tert-OH is 2. The molecule has 2 nitrogen and oxygen atoms in total. The molecule has 0 aliphatic heterocycles. The Morgan fingerprint density at radius 2 is 0.950 bits per heavy atom. The molecule has 0 unspecified atom stereocenters. The molecule has 0 bridgehead atoms. The van der Waals surface area contributed by atoms with E-state index in [0.717, 1.165) is 32.1 Å². The lowest BCUT2D eigenvalue weighted by Gasteiger charge is -2.08. The van der Waals surface area contributed by atoms with Crippen molar-refractivity contribution in [2.45, 2.75) is 13.2 Å². The molecule has 2 N–H and O–H groups in total. The molecule has 0 heterocycles. The molecule has 2 aromatic rings. The number of thiol groups is 2. The molecule has 0 aliphatic carbocycles. The minimum absolute atomic E-state index is 0.0300. The third-order valence-electron chi connectivity index (χ3n) is 3.04. The van der Waals surface area contributed by atoms with Crippen LogP contribution < -0.4 is 0 Å². The quantitative estimate of drug-likeness (QED) is 0.517. The van der Waals surface area contributed by atoms with Gasteiger partial charge in [-0.05, 0) is 22.3 Å². The van der Waals surface area contributed by atoms with E-state index in [9.17, 15) is 0 Å². The topological polar surface area (TPSA) is 40.5 Å². The summed E-state index contributed by atoms with van der Waals surface area (Å²) >= 11 is 9.06. The highest BCUT2D eigenvalue weighted by atomic mass is 32.1. The molecular weight excluding hydrogens is 288 g/mol. The van der Waals surface area contributed by atoms with E-state index < -0.39 is 0 Å². The average Bonchev–Trinajstić information content (AvgIpc) is 2.53. The summed E-state index contributed by atoms with van der Waals surface area (Å²) in [5.41, 5.74) is 3.62. The van der Waals surface area contributed by atoms with E-state index in [1.807, 2.05) is 48.5 Å². The summed E-state index contributed by atoms with van der Waals surface area (Å²) in [6.07, 6.45) is 0. The van der Waals surface area contributed by atoms with Gasteiger partial charge in [0, 0.05) is 9.81 Å². The number of hydrogen-bond acceptors (Lipinski definition) is 4.